The third kappa shape index (κ3) is 6.78. The number of amides is 1. The Bertz CT molecular complexity index is 748. The van der Waals surface area contributed by atoms with E-state index < -0.39 is 0 Å². The van der Waals surface area contributed by atoms with Gasteiger partial charge in [-0.15, -0.1) is 0 Å². The second-order valence-electron chi connectivity index (χ2n) is 7.42. The fourth-order valence-electron chi connectivity index (χ4n) is 2.75. The summed E-state index contributed by atoms with van der Waals surface area (Å²) >= 11 is 1.40. The topological polar surface area (TPSA) is 67.4 Å². The number of ether oxygens (including phenoxy) is 1. The van der Waals surface area contributed by atoms with Crippen molar-refractivity contribution in [1.82, 2.24) is 14.7 Å². The van der Waals surface area contributed by atoms with Crippen molar-refractivity contribution in [2.45, 2.75) is 53.0 Å². The van der Waals surface area contributed by atoms with E-state index in [2.05, 4.69) is 48.4 Å². The Hall–Kier alpha value is -2.15. The Morgan fingerprint density at radius 1 is 1.32 bits per heavy atom. The number of carbonyl (C=O) groups is 1. The number of anilines is 1. The summed E-state index contributed by atoms with van der Waals surface area (Å²) in [6.07, 6.45) is 2.11. The Balaban J connectivity index is 2.03. The van der Waals surface area contributed by atoms with Crippen LogP contribution < -0.4 is 15.0 Å². The summed E-state index contributed by atoms with van der Waals surface area (Å²) in [5.74, 6) is 2.17. The van der Waals surface area contributed by atoms with Crippen LogP contribution in [0.3, 0.4) is 0 Å². The normalized spacial score (nSPS) is 12.1. The lowest BCUT2D eigenvalue weighted by molar-refractivity contribution is -0.121. The number of hydrogen-bond acceptors (Lipinski definition) is 6. The predicted octanol–water partition coefficient (Wildman–Crippen LogP) is 3.90. The number of hydrogen-bond donors (Lipinski definition) is 1. The average molecular weight is 405 g/mol. The van der Waals surface area contributed by atoms with Crippen LogP contribution in [0.1, 0.15) is 51.9 Å². The molecule has 1 atom stereocenters. The molecule has 0 aliphatic heterocycles. The van der Waals surface area contributed by atoms with E-state index in [1.54, 1.807) is 7.11 Å². The summed E-state index contributed by atoms with van der Waals surface area (Å²) in [5, 5.41) is 3.86. The van der Waals surface area contributed by atoms with Gasteiger partial charge in [-0.3, -0.25) is 4.79 Å². The molecule has 0 fully saturated rings. The molecule has 1 N–H and O–H groups in total. The monoisotopic (exact) mass is 404 g/mol. The molecule has 6 nitrogen and oxygen atoms in total. The van der Waals surface area contributed by atoms with E-state index in [1.165, 1.54) is 11.5 Å². The van der Waals surface area contributed by atoms with Gasteiger partial charge >= 0.3 is 0 Å². The lowest BCUT2D eigenvalue weighted by Crippen LogP contribution is -2.37. The highest BCUT2D eigenvalue weighted by Gasteiger charge is 2.19. The van der Waals surface area contributed by atoms with Gasteiger partial charge in [0.15, 0.2) is 0 Å². The number of nitrogens with zero attached hydrogens (tertiary/aromatic N) is 3. The molecular formula is C21H32N4O2S. The maximum atomic E-state index is 12.1. The molecule has 154 valence electrons. The Labute approximate surface area is 172 Å². The standard InChI is InChI=1S/C21H32N4O2S/c1-6-16(4)25(11-10-20(26)22-14-15(2)3)21-23-19(24-28-21)13-17-8-7-9-18(12-17)27-5/h7-9,12,15-16H,6,10-11,13-14H2,1-5H3,(H,22,26). The van der Waals surface area contributed by atoms with Gasteiger partial charge in [0.25, 0.3) is 0 Å². The van der Waals surface area contributed by atoms with E-state index in [4.69, 9.17) is 9.72 Å². The number of benzene rings is 1. The van der Waals surface area contributed by atoms with Crippen molar-refractivity contribution in [3.05, 3.63) is 35.7 Å². The Kier molecular flexibility index (Phi) is 8.70. The summed E-state index contributed by atoms with van der Waals surface area (Å²) < 4.78 is 9.83. The van der Waals surface area contributed by atoms with Crippen LogP contribution >= 0.6 is 11.5 Å². The molecule has 1 unspecified atom stereocenters. The maximum Gasteiger partial charge on any atom is 0.221 e. The van der Waals surface area contributed by atoms with Gasteiger partial charge in [-0.25, -0.2) is 4.98 Å². The SMILES string of the molecule is CCC(C)N(CCC(=O)NCC(C)C)c1nc(Cc2cccc(OC)c2)ns1. The van der Waals surface area contributed by atoms with Gasteiger partial charge in [-0.1, -0.05) is 32.9 Å². The van der Waals surface area contributed by atoms with Crippen molar-refractivity contribution in [3.63, 3.8) is 0 Å². The molecule has 0 radical (unpaired) electrons. The first-order chi connectivity index (χ1) is 13.4. The molecule has 28 heavy (non-hydrogen) atoms. The minimum Gasteiger partial charge on any atom is -0.497 e. The van der Waals surface area contributed by atoms with Crippen molar-refractivity contribution in [3.8, 4) is 5.75 Å². The minimum atomic E-state index is 0.0862. The molecule has 1 aromatic carbocycles. The number of methoxy groups -OCH3 is 1. The largest absolute Gasteiger partial charge is 0.497 e. The first-order valence-corrected chi connectivity index (χ1v) is 10.7. The van der Waals surface area contributed by atoms with Gasteiger partial charge in [0.2, 0.25) is 11.0 Å². The Morgan fingerprint density at radius 3 is 2.79 bits per heavy atom. The van der Waals surface area contributed by atoms with E-state index in [0.717, 1.165) is 28.7 Å². The lowest BCUT2D eigenvalue weighted by atomic mass is 10.1. The third-order valence-electron chi connectivity index (χ3n) is 4.61. The van der Waals surface area contributed by atoms with E-state index in [1.807, 2.05) is 18.2 Å². The van der Waals surface area contributed by atoms with Crippen LogP contribution in [-0.2, 0) is 11.2 Å². The van der Waals surface area contributed by atoms with E-state index >= 15 is 0 Å². The average Bonchev–Trinajstić information content (AvgIpc) is 3.14. The number of nitrogens with one attached hydrogen (secondary N) is 1. The highest BCUT2D eigenvalue weighted by atomic mass is 32.1. The molecule has 2 aromatic rings. The van der Waals surface area contributed by atoms with Crippen molar-refractivity contribution in [1.29, 1.82) is 0 Å². The van der Waals surface area contributed by atoms with Gasteiger partial charge in [0.1, 0.15) is 11.6 Å². The van der Waals surface area contributed by atoms with Crippen LogP contribution in [-0.4, -0.2) is 41.5 Å². The number of rotatable bonds is 11. The lowest BCUT2D eigenvalue weighted by Gasteiger charge is -2.27. The van der Waals surface area contributed by atoms with E-state index in [-0.39, 0.29) is 5.91 Å². The van der Waals surface area contributed by atoms with Crippen LogP contribution in [0.25, 0.3) is 0 Å². The van der Waals surface area contributed by atoms with Crippen LogP contribution in [0.15, 0.2) is 24.3 Å². The highest BCUT2D eigenvalue weighted by Crippen LogP contribution is 2.23. The molecule has 2 rings (SSSR count). The van der Waals surface area contributed by atoms with Crippen LogP contribution in [0, 0.1) is 5.92 Å². The fraction of sp³-hybridized carbons (Fsp3) is 0.571. The smallest absolute Gasteiger partial charge is 0.221 e. The van der Waals surface area contributed by atoms with Gasteiger partial charge in [-0.2, -0.15) is 4.37 Å². The molecule has 1 amide bonds. The molecule has 1 aromatic heterocycles. The van der Waals surface area contributed by atoms with Crippen LogP contribution in [0.5, 0.6) is 5.75 Å². The molecule has 0 saturated heterocycles. The van der Waals surface area contributed by atoms with E-state index in [0.29, 0.717) is 37.9 Å². The number of carbonyl (C=O) groups excluding carboxylic acids is 1. The molecule has 0 aliphatic carbocycles. The Morgan fingerprint density at radius 2 is 2.11 bits per heavy atom. The van der Waals surface area contributed by atoms with Gasteiger partial charge in [-0.05, 0) is 37.0 Å². The molecule has 1 heterocycles. The number of aromatic nitrogens is 2. The second kappa shape index (κ2) is 11.0. The third-order valence-corrected chi connectivity index (χ3v) is 5.40. The van der Waals surface area contributed by atoms with E-state index in [9.17, 15) is 4.79 Å². The second-order valence-corrected chi connectivity index (χ2v) is 8.15. The first-order valence-electron chi connectivity index (χ1n) is 9.91. The fourth-order valence-corrected chi connectivity index (χ4v) is 3.57. The zero-order valence-corrected chi connectivity index (χ0v) is 18.4. The van der Waals surface area contributed by atoms with Crippen molar-refractivity contribution >= 4 is 22.6 Å². The van der Waals surface area contributed by atoms with Gasteiger partial charge in [0.05, 0.1) is 7.11 Å². The highest BCUT2D eigenvalue weighted by molar-refractivity contribution is 7.09. The van der Waals surface area contributed by atoms with Crippen molar-refractivity contribution < 1.29 is 9.53 Å². The summed E-state index contributed by atoms with van der Waals surface area (Å²) in [6.45, 7) is 9.86. The maximum absolute atomic E-state index is 12.1. The van der Waals surface area contributed by atoms with Gasteiger partial charge < -0.3 is 15.0 Å². The van der Waals surface area contributed by atoms with Crippen molar-refractivity contribution in [2.75, 3.05) is 25.1 Å². The zero-order valence-electron chi connectivity index (χ0n) is 17.6. The quantitative estimate of drug-likeness (QED) is 0.615. The van der Waals surface area contributed by atoms with Crippen LogP contribution in [0.4, 0.5) is 5.13 Å². The predicted molar refractivity (Wildman–Crippen MR) is 115 cm³/mol. The molecule has 7 heteroatoms. The first kappa shape index (κ1) is 22.1. The molecule has 0 saturated carbocycles. The summed E-state index contributed by atoms with van der Waals surface area (Å²) in [4.78, 5) is 19.1. The summed E-state index contributed by atoms with van der Waals surface area (Å²) in [5.41, 5.74) is 1.12. The van der Waals surface area contributed by atoms with Crippen molar-refractivity contribution in [2.24, 2.45) is 5.92 Å². The molecule has 0 aliphatic rings. The molecule has 0 spiro atoms. The molecule has 0 bridgehead atoms. The van der Waals surface area contributed by atoms with Gasteiger partial charge in [0, 0.05) is 43.5 Å². The summed E-state index contributed by atoms with van der Waals surface area (Å²) in [7, 11) is 1.67. The molecular weight excluding hydrogens is 372 g/mol. The van der Waals surface area contributed by atoms with Crippen LogP contribution in [0.2, 0.25) is 0 Å². The summed E-state index contributed by atoms with van der Waals surface area (Å²) in [6, 6.07) is 8.26. The minimum absolute atomic E-state index is 0.0862. The zero-order chi connectivity index (χ0) is 20.5.